The number of amides is 1. The highest BCUT2D eigenvalue weighted by Crippen LogP contribution is 2.18. The zero-order valence-electron chi connectivity index (χ0n) is 12.3. The Morgan fingerprint density at radius 3 is 2.32 bits per heavy atom. The Labute approximate surface area is 128 Å². The van der Waals surface area contributed by atoms with Crippen LogP contribution in [0.5, 0.6) is 0 Å². The molecule has 0 atom stereocenters. The lowest BCUT2D eigenvalue weighted by Crippen LogP contribution is -2.36. The average Bonchev–Trinajstić information content (AvgIpc) is 2.57. The molecule has 1 aromatic heterocycles. The van der Waals surface area contributed by atoms with Gasteiger partial charge < -0.3 is 5.32 Å². The van der Waals surface area contributed by atoms with E-state index in [9.17, 15) is 9.18 Å². The lowest BCUT2D eigenvalue weighted by atomic mass is 9.95. The molecule has 4 nitrogen and oxygen atoms in total. The summed E-state index contributed by atoms with van der Waals surface area (Å²) in [5.74, 6) is 0.0546. The van der Waals surface area contributed by atoms with Gasteiger partial charge in [0.1, 0.15) is 5.82 Å². The van der Waals surface area contributed by atoms with Gasteiger partial charge in [-0.3, -0.25) is 4.79 Å². The second kappa shape index (κ2) is 6.64. The molecule has 1 N–H and O–H groups in total. The lowest BCUT2D eigenvalue weighted by Gasteiger charge is -2.22. The number of benzene rings is 1. The predicted octanol–water partition coefficient (Wildman–Crippen LogP) is 3.35. The molecule has 0 aliphatic heterocycles. The van der Waals surface area contributed by atoms with Crippen molar-refractivity contribution in [3.63, 3.8) is 0 Å². The van der Waals surface area contributed by atoms with Crippen LogP contribution >= 0.6 is 0 Å². The van der Waals surface area contributed by atoms with Crippen molar-refractivity contribution >= 4 is 5.91 Å². The second-order valence-electron chi connectivity index (χ2n) is 5.61. The summed E-state index contributed by atoms with van der Waals surface area (Å²) in [5, 5.41) is 3.03. The third kappa shape index (κ3) is 3.47. The molecule has 2 aromatic rings. The normalized spacial score (nSPS) is 15.5. The van der Waals surface area contributed by atoms with Gasteiger partial charge in [-0.25, -0.2) is 14.4 Å². The minimum absolute atomic E-state index is 0.127. The molecular formula is C17H18FN3O. The van der Waals surface area contributed by atoms with E-state index in [-0.39, 0.29) is 17.8 Å². The van der Waals surface area contributed by atoms with E-state index in [1.165, 1.54) is 43.8 Å². The van der Waals surface area contributed by atoms with Gasteiger partial charge in [-0.15, -0.1) is 0 Å². The third-order valence-corrected chi connectivity index (χ3v) is 3.96. The van der Waals surface area contributed by atoms with Crippen molar-refractivity contribution in [2.24, 2.45) is 0 Å². The second-order valence-corrected chi connectivity index (χ2v) is 5.61. The summed E-state index contributed by atoms with van der Waals surface area (Å²) in [5.41, 5.74) is 1.18. The molecule has 0 spiro atoms. The molecule has 22 heavy (non-hydrogen) atoms. The third-order valence-electron chi connectivity index (χ3n) is 3.96. The summed E-state index contributed by atoms with van der Waals surface area (Å²) in [7, 11) is 0. The first-order valence-electron chi connectivity index (χ1n) is 7.61. The molecule has 1 fully saturated rings. The van der Waals surface area contributed by atoms with Crippen LogP contribution < -0.4 is 5.32 Å². The van der Waals surface area contributed by atoms with Crippen molar-refractivity contribution in [2.75, 3.05) is 0 Å². The highest BCUT2D eigenvalue weighted by molar-refractivity contribution is 5.93. The number of rotatable bonds is 3. The van der Waals surface area contributed by atoms with E-state index in [1.54, 1.807) is 12.1 Å². The number of hydrogen-bond donors (Lipinski definition) is 1. The molecule has 5 heteroatoms. The van der Waals surface area contributed by atoms with Crippen LogP contribution in [0.1, 0.15) is 42.5 Å². The molecule has 3 rings (SSSR count). The van der Waals surface area contributed by atoms with Crippen LogP contribution in [-0.2, 0) is 0 Å². The molecular weight excluding hydrogens is 281 g/mol. The maximum Gasteiger partial charge on any atom is 0.254 e. The van der Waals surface area contributed by atoms with Crippen molar-refractivity contribution in [1.82, 2.24) is 15.3 Å². The Kier molecular flexibility index (Phi) is 4.42. The number of carbonyl (C=O) groups is 1. The molecule has 0 radical (unpaired) electrons. The first kappa shape index (κ1) is 14.6. The van der Waals surface area contributed by atoms with Crippen molar-refractivity contribution in [1.29, 1.82) is 0 Å². The van der Waals surface area contributed by atoms with Gasteiger partial charge >= 0.3 is 0 Å². The van der Waals surface area contributed by atoms with Gasteiger partial charge in [-0.05, 0) is 37.1 Å². The van der Waals surface area contributed by atoms with Gasteiger partial charge in [0.2, 0.25) is 0 Å². The minimum atomic E-state index is -0.299. The van der Waals surface area contributed by atoms with Crippen molar-refractivity contribution in [3.8, 4) is 11.4 Å². The van der Waals surface area contributed by atoms with Gasteiger partial charge in [0.15, 0.2) is 5.82 Å². The monoisotopic (exact) mass is 299 g/mol. The Morgan fingerprint density at radius 2 is 1.68 bits per heavy atom. The average molecular weight is 299 g/mol. The smallest absolute Gasteiger partial charge is 0.254 e. The number of halogens is 1. The Balaban J connectivity index is 1.68. The van der Waals surface area contributed by atoms with Crippen LogP contribution in [-0.4, -0.2) is 21.9 Å². The van der Waals surface area contributed by atoms with E-state index >= 15 is 0 Å². The Bertz CT molecular complexity index is 634. The summed E-state index contributed by atoms with van der Waals surface area (Å²) in [4.78, 5) is 20.6. The SMILES string of the molecule is O=C(NC1CCCCC1)c1cnc(-c2ccc(F)cc2)nc1. The minimum Gasteiger partial charge on any atom is -0.349 e. The Hall–Kier alpha value is -2.30. The number of carbonyl (C=O) groups excluding carboxylic acids is 1. The summed E-state index contributed by atoms with van der Waals surface area (Å²) in [6.45, 7) is 0. The van der Waals surface area contributed by atoms with E-state index < -0.39 is 0 Å². The molecule has 114 valence electrons. The number of nitrogens with zero attached hydrogens (tertiary/aromatic N) is 2. The summed E-state index contributed by atoms with van der Waals surface area (Å²) >= 11 is 0. The molecule has 1 aliphatic carbocycles. The van der Waals surface area contributed by atoms with Crippen LogP contribution in [0.15, 0.2) is 36.7 Å². The lowest BCUT2D eigenvalue weighted by molar-refractivity contribution is 0.0927. The maximum absolute atomic E-state index is 12.9. The van der Waals surface area contributed by atoms with Crippen LogP contribution in [0.4, 0.5) is 4.39 Å². The van der Waals surface area contributed by atoms with E-state index in [2.05, 4.69) is 15.3 Å². The summed E-state index contributed by atoms with van der Waals surface area (Å²) < 4.78 is 12.9. The van der Waals surface area contributed by atoms with E-state index in [0.717, 1.165) is 18.4 Å². The largest absolute Gasteiger partial charge is 0.349 e. The molecule has 1 aromatic carbocycles. The van der Waals surface area contributed by atoms with E-state index in [0.29, 0.717) is 11.4 Å². The quantitative estimate of drug-likeness (QED) is 0.945. The maximum atomic E-state index is 12.9. The number of aromatic nitrogens is 2. The molecule has 0 saturated heterocycles. The number of hydrogen-bond acceptors (Lipinski definition) is 3. The predicted molar refractivity (Wildman–Crippen MR) is 81.8 cm³/mol. The van der Waals surface area contributed by atoms with Crippen LogP contribution in [0.3, 0.4) is 0 Å². The molecule has 1 heterocycles. The Morgan fingerprint density at radius 1 is 1.05 bits per heavy atom. The van der Waals surface area contributed by atoms with E-state index in [4.69, 9.17) is 0 Å². The van der Waals surface area contributed by atoms with Crippen molar-refractivity contribution in [2.45, 2.75) is 38.1 Å². The molecule has 0 bridgehead atoms. The van der Waals surface area contributed by atoms with Gasteiger partial charge in [-0.2, -0.15) is 0 Å². The fourth-order valence-electron chi connectivity index (χ4n) is 2.71. The molecule has 1 aliphatic rings. The fraction of sp³-hybridized carbons (Fsp3) is 0.353. The fourth-order valence-corrected chi connectivity index (χ4v) is 2.71. The molecule has 1 saturated carbocycles. The first-order valence-corrected chi connectivity index (χ1v) is 7.61. The van der Waals surface area contributed by atoms with Gasteiger partial charge in [0, 0.05) is 24.0 Å². The van der Waals surface area contributed by atoms with Crippen LogP contribution in [0, 0.1) is 5.82 Å². The highest BCUT2D eigenvalue weighted by atomic mass is 19.1. The standard InChI is InChI=1S/C17H18FN3O/c18-14-8-6-12(7-9-14)16-19-10-13(11-20-16)17(22)21-15-4-2-1-3-5-15/h6-11,15H,1-5H2,(H,21,22). The molecule has 0 unspecified atom stereocenters. The van der Waals surface area contributed by atoms with Crippen molar-refractivity contribution < 1.29 is 9.18 Å². The van der Waals surface area contributed by atoms with Gasteiger partial charge in [-0.1, -0.05) is 19.3 Å². The first-order chi connectivity index (χ1) is 10.7. The van der Waals surface area contributed by atoms with Crippen LogP contribution in [0.2, 0.25) is 0 Å². The zero-order valence-corrected chi connectivity index (χ0v) is 12.3. The number of nitrogens with one attached hydrogen (secondary N) is 1. The van der Waals surface area contributed by atoms with Gasteiger partial charge in [0.25, 0.3) is 5.91 Å². The van der Waals surface area contributed by atoms with Crippen LogP contribution in [0.25, 0.3) is 11.4 Å². The van der Waals surface area contributed by atoms with Gasteiger partial charge in [0.05, 0.1) is 5.56 Å². The van der Waals surface area contributed by atoms with Crippen molar-refractivity contribution in [3.05, 3.63) is 48.0 Å². The summed E-state index contributed by atoms with van der Waals surface area (Å²) in [6.07, 6.45) is 8.71. The molecule has 1 amide bonds. The zero-order chi connectivity index (χ0) is 15.4. The highest BCUT2D eigenvalue weighted by Gasteiger charge is 2.17. The topological polar surface area (TPSA) is 54.9 Å². The summed E-state index contributed by atoms with van der Waals surface area (Å²) in [6, 6.07) is 6.22. The van der Waals surface area contributed by atoms with E-state index in [1.807, 2.05) is 0 Å².